The molecule has 1 aromatic rings. The van der Waals surface area contributed by atoms with Gasteiger partial charge in [-0.2, -0.15) is 0 Å². The van der Waals surface area contributed by atoms with Gasteiger partial charge in [0, 0.05) is 38.8 Å². The number of carbonyl (C=O) groups excluding carboxylic acids is 1. The van der Waals surface area contributed by atoms with E-state index in [4.69, 9.17) is 0 Å². The first-order valence-corrected chi connectivity index (χ1v) is 8.58. The Balaban J connectivity index is 1.77. The highest BCUT2D eigenvalue weighted by atomic mass is 16.2. The smallest absolute Gasteiger partial charge is 0.227 e. The zero-order valence-electron chi connectivity index (χ0n) is 15.0. The molecule has 6 nitrogen and oxygen atoms in total. The van der Waals surface area contributed by atoms with E-state index in [0.29, 0.717) is 13.0 Å². The fourth-order valence-corrected chi connectivity index (χ4v) is 2.72. The number of amides is 1. The van der Waals surface area contributed by atoms with Crippen molar-refractivity contribution in [3.8, 4) is 0 Å². The maximum absolute atomic E-state index is 11.8. The molecule has 1 fully saturated rings. The van der Waals surface area contributed by atoms with Crippen LogP contribution in [0.2, 0.25) is 0 Å². The van der Waals surface area contributed by atoms with Gasteiger partial charge in [0.25, 0.3) is 0 Å². The van der Waals surface area contributed by atoms with Crippen LogP contribution in [-0.2, 0) is 11.3 Å². The van der Waals surface area contributed by atoms with E-state index in [9.17, 15) is 4.79 Å². The predicted octanol–water partition coefficient (Wildman–Crippen LogP) is 1.43. The van der Waals surface area contributed by atoms with Crippen LogP contribution in [0.5, 0.6) is 0 Å². The largest absolute Gasteiger partial charge is 0.356 e. The summed E-state index contributed by atoms with van der Waals surface area (Å²) in [4.78, 5) is 20.0. The highest BCUT2D eigenvalue weighted by Crippen LogP contribution is 2.21. The van der Waals surface area contributed by atoms with Crippen molar-refractivity contribution in [3.05, 3.63) is 29.8 Å². The zero-order valence-corrected chi connectivity index (χ0v) is 15.0. The van der Waals surface area contributed by atoms with Crippen molar-refractivity contribution in [2.24, 2.45) is 4.99 Å². The van der Waals surface area contributed by atoms with Crippen LogP contribution in [0.3, 0.4) is 0 Å². The van der Waals surface area contributed by atoms with Crippen molar-refractivity contribution in [1.29, 1.82) is 0 Å². The number of nitrogens with zero attached hydrogens (tertiary/aromatic N) is 3. The van der Waals surface area contributed by atoms with Crippen molar-refractivity contribution >= 4 is 17.6 Å². The zero-order chi connectivity index (χ0) is 17.4. The first-order chi connectivity index (χ1) is 11.6. The third-order valence-electron chi connectivity index (χ3n) is 4.08. The number of anilines is 1. The van der Waals surface area contributed by atoms with Crippen LogP contribution in [-0.4, -0.2) is 57.5 Å². The molecule has 2 N–H and O–H groups in total. The molecule has 0 bridgehead atoms. The normalized spacial score (nSPS) is 15.2. The summed E-state index contributed by atoms with van der Waals surface area (Å²) in [6.07, 6.45) is 2.70. The van der Waals surface area contributed by atoms with Crippen LogP contribution >= 0.6 is 0 Å². The summed E-state index contributed by atoms with van der Waals surface area (Å²) < 4.78 is 0. The van der Waals surface area contributed by atoms with E-state index >= 15 is 0 Å². The molecular weight excluding hydrogens is 302 g/mol. The van der Waals surface area contributed by atoms with Gasteiger partial charge in [0.05, 0.1) is 0 Å². The summed E-state index contributed by atoms with van der Waals surface area (Å²) in [7, 11) is 5.93. The molecule has 0 atom stereocenters. The minimum Gasteiger partial charge on any atom is -0.356 e. The summed E-state index contributed by atoms with van der Waals surface area (Å²) in [6.45, 7) is 3.50. The van der Waals surface area contributed by atoms with Crippen LogP contribution in [0.15, 0.2) is 29.3 Å². The van der Waals surface area contributed by atoms with Crippen LogP contribution in [0.25, 0.3) is 0 Å². The molecule has 1 saturated heterocycles. The molecule has 1 aliphatic rings. The Morgan fingerprint density at radius 1 is 1.25 bits per heavy atom. The number of guanidine groups is 1. The molecule has 0 radical (unpaired) electrons. The predicted molar refractivity (Wildman–Crippen MR) is 99.4 cm³/mol. The Kier molecular flexibility index (Phi) is 7.06. The fraction of sp³-hybridized carbons (Fsp3) is 0.556. The monoisotopic (exact) mass is 331 g/mol. The molecule has 1 aliphatic heterocycles. The second-order valence-corrected chi connectivity index (χ2v) is 6.32. The maximum atomic E-state index is 11.8. The minimum atomic E-state index is 0.225. The molecule has 0 spiro atoms. The van der Waals surface area contributed by atoms with Gasteiger partial charge in [-0.15, -0.1) is 0 Å². The Labute approximate surface area is 144 Å². The standard InChI is InChI=1S/C18H29N5O/c1-19-18(20-11-5-12-22(2)3)21-14-15-7-9-16(10-8-15)23-13-4-6-17(23)24/h7-10H,4-6,11-14H2,1-3H3,(H2,19,20,21). The Bertz CT molecular complexity index is 553. The summed E-state index contributed by atoms with van der Waals surface area (Å²) >= 11 is 0. The lowest BCUT2D eigenvalue weighted by molar-refractivity contribution is -0.117. The van der Waals surface area contributed by atoms with Crippen molar-refractivity contribution in [2.75, 3.05) is 45.7 Å². The van der Waals surface area contributed by atoms with Gasteiger partial charge >= 0.3 is 0 Å². The van der Waals surface area contributed by atoms with Gasteiger partial charge in [-0.05, 0) is 51.2 Å². The number of nitrogens with one attached hydrogen (secondary N) is 2. The molecule has 0 aliphatic carbocycles. The molecule has 0 unspecified atom stereocenters. The number of carbonyl (C=O) groups is 1. The van der Waals surface area contributed by atoms with Crippen molar-refractivity contribution in [3.63, 3.8) is 0 Å². The van der Waals surface area contributed by atoms with Gasteiger partial charge in [-0.25, -0.2) is 0 Å². The lowest BCUT2D eigenvalue weighted by Gasteiger charge is -2.16. The number of hydrogen-bond acceptors (Lipinski definition) is 3. The van der Waals surface area contributed by atoms with Crippen LogP contribution in [0, 0.1) is 0 Å². The van der Waals surface area contributed by atoms with Gasteiger partial charge in [-0.1, -0.05) is 12.1 Å². The van der Waals surface area contributed by atoms with E-state index in [1.807, 2.05) is 17.0 Å². The molecule has 132 valence electrons. The summed E-state index contributed by atoms with van der Waals surface area (Å²) in [5.74, 6) is 1.04. The van der Waals surface area contributed by atoms with E-state index in [1.165, 1.54) is 5.56 Å². The highest BCUT2D eigenvalue weighted by molar-refractivity contribution is 5.95. The van der Waals surface area contributed by atoms with Crippen LogP contribution in [0.4, 0.5) is 5.69 Å². The molecular formula is C18H29N5O. The minimum absolute atomic E-state index is 0.225. The number of rotatable bonds is 7. The highest BCUT2D eigenvalue weighted by Gasteiger charge is 2.21. The average Bonchev–Trinajstić information content (AvgIpc) is 3.00. The van der Waals surface area contributed by atoms with Gasteiger partial charge in [0.2, 0.25) is 5.91 Å². The number of aliphatic imine (C=N–C) groups is 1. The van der Waals surface area contributed by atoms with E-state index in [0.717, 1.165) is 44.1 Å². The maximum Gasteiger partial charge on any atom is 0.227 e. The number of hydrogen-bond donors (Lipinski definition) is 2. The molecule has 0 saturated carbocycles. The topological polar surface area (TPSA) is 60.0 Å². The third-order valence-corrected chi connectivity index (χ3v) is 4.08. The summed E-state index contributed by atoms with van der Waals surface area (Å²) in [5.41, 5.74) is 2.16. The summed E-state index contributed by atoms with van der Waals surface area (Å²) in [5, 5.41) is 6.63. The van der Waals surface area contributed by atoms with Gasteiger partial charge < -0.3 is 20.4 Å². The lowest BCUT2D eigenvalue weighted by atomic mass is 10.2. The van der Waals surface area contributed by atoms with Crippen LogP contribution < -0.4 is 15.5 Å². The molecule has 1 amide bonds. The molecule has 2 rings (SSSR count). The second-order valence-electron chi connectivity index (χ2n) is 6.32. The SMILES string of the molecule is CN=C(NCCCN(C)C)NCc1ccc(N2CCCC2=O)cc1. The van der Waals surface area contributed by atoms with Gasteiger partial charge in [-0.3, -0.25) is 9.79 Å². The lowest BCUT2D eigenvalue weighted by Crippen LogP contribution is -2.38. The van der Waals surface area contributed by atoms with Crippen molar-refractivity contribution in [2.45, 2.75) is 25.8 Å². The van der Waals surface area contributed by atoms with Gasteiger partial charge in [0.15, 0.2) is 5.96 Å². The molecule has 24 heavy (non-hydrogen) atoms. The average molecular weight is 331 g/mol. The molecule has 1 aromatic carbocycles. The van der Waals surface area contributed by atoms with Crippen LogP contribution in [0.1, 0.15) is 24.8 Å². The van der Waals surface area contributed by atoms with Crippen molar-refractivity contribution < 1.29 is 4.79 Å². The summed E-state index contributed by atoms with van der Waals surface area (Å²) in [6, 6.07) is 8.17. The molecule has 0 aromatic heterocycles. The van der Waals surface area contributed by atoms with E-state index < -0.39 is 0 Å². The number of benzene rings is 1. The Hall–Kier alpha value is -2.08. The quantitative estimate of drug-likeness (QED) is 0.451. The third kappa shape index (κ3) is 5.53. The first kappa shape index (κ1) is 18.3. The Morgan fingerprint density at radius 3 is 2.58 bits per heavy atom. The van der Waals surface area contributed by atoms with E-state index in [2.05, 4.69) is 46.8 Å². The first-order valence-electron chi connectivity index (χ1n) is 8.58. The second kappa shape index (κ2) is 9.27. The van der Waals surface area contributed by atoms with Gasteiger partial charge in [0.1, 0.15) is 0 Å². The molecule has 1 heterocycles. The molecule has 6 heteroatoms. The van der Waals surface area contributed by atoms with E-state index in [-0.39, 0.29) is 5.91 Å². The Morgan fingerprint density at radius 2 is 2.00 bits per heavy atom. The fourth-order valence-electron chi connectivity index (χ4n) is 2.72. The van der Waals surface area contributed by atoms with E-state index in [1.54, 1.807) is 7.05 Å². The van der Waals surface area contributed by atoms with Crippen molar-refractivity contribution in [1.82, 2.24) is 15.5 Å².